The standard InChI is InChI=1S/C7H18O2Si/c1-7(2,8)5-6-10(3,4)9/h8-9H,5-6H2,1-4H3. The van der Waals surface area contributed by atoms with Crippen LogP contribution in [0.4, 0.5) is 0 Å². The summed E-state index contributed by atoms with van der Waals surface area (Å²) in [6.45, 7) is 7.32. The lowest BCUT2D eigenvalue weighted by molar-refractivity contribution is 0.0753. The van der Waals surface area contributed by atoms with Crippen molar-refractivity contribution in [1.82, 2.24) is 0 Å². The summed E-state index contributed by atoms with van der Waals surface area (Å²) in [5.41, 5.74) is -0.618. The molecule has 0 bridgehead atoms. The second-order valence-electron chi connectivity index (χ2n) is 4.12. The molecule has 0 atom stereocenters. The molecule has 0 unspecified atom stereocenters. The molecule has 62 valence electrons. The van der Waals surface area contributed by atoms with Crippen molar-refractivity contribution in [2.45, 2.75) is 45.0 Å². The van der Waals surface area contributed by atoms with Crippen LogP contribution in [0.25, 0.3) is 0 Å². The Balaban J connectivity index is 3.56. The predicted octanol–water partition coefficient (Wildman–Crippen LogP) is 1.34. The minimum Gasteiger partial charge on any atom is -0.432 e. The van der Waals surface area contributed by atoms with Crippen molar-refractivity contribution in [1.29, 1.82) is 0 Å². The van der Waals surface area contributed by atoms with Gasteiger partial charge in [0, 0.05) is 0 Å². The third kappa shape index (κ3) is 8.14. The molecule has 0 aromatic rings. The molecule has 0 fully saturated rings. The zero-order chi connectivity index (χ0) is 8.41. The molecule has 0 aromatic carbocycles. The van der Waals surface area contributed by atoms with Gasteiger partial charge in [0.05, 0.1) is 5.60 Å². The van der Waals surface area contributed by atoms with E-state index in [-0.39, 0.29) is 0 Å². The molecule has 0 amide bonds. The summed E-state index contributed by atoms with van der Waals surface area (Å²) in [5, 5.41) is 9.29. The second-order valence-corrected chi connectivity index (χ2v) is 8.25. The van der Waals surface area contributed by atoms with E-state index in [9.17, 15) is 9.90 Å². The molecule has 0 spiro atoms. The molecular weight excluding hydrogens is 144 g/mol. The molecule has 0 rings (SSSR count). The highest BCUT2D eigenvalue weighted by Crippen LogP contribution is 2.16. The Bertz CT molecular complexity index is 85.2. The molecule has 0 aliphatic carbocycles. The highest BCUT2D eigenvalue weighted by molar-refractivity contribution is 6.69. The van der Waals surface area contributed by atoms with Crippen LogP contribution in [0.1, 0.15) is 20.3 Å². The smallest absolute Gasteiger partial charge is 0.182 e. The van der Waals surface area contributed by atoms with E-state index in [1.807, 2.05) is 13.1 Å². The minimum atomic E-state index is -1.93. The Morgan fingerprint density at radius 3 is 1.80 bits per heavy atom. The molecule has 0 heterocycles. The molecule has 0 saturated heterocycles. The fraction of sp³-hybridized carbons (Fsp3) is 1.00. The van der Waals surface area contributed by atoms with Crippen LogP contribution in [0.5, 0.6) is 0 Å². The third-order valence-corrected chi connectivity index (χ3v) is 2.82. The van der Waals surface area contributed by atoms with E-state index in [2.05, 4.69) is 0 Å². The van der Waals surface area contributed by atoms with Crippen molar-refractivity contribution in [3.8, 4) is 0 Å². The second kappa shape index (κ2) is 3.03. The van der Waals surface area contributed by atoms with E-state index in [1.165, 1.54) is 0 Å². The van der Waals surface area contributed by atoms with Gasteiger partial charge in [-0.1, -0.05) is 0 Å². The molecule has 0 aromatic heterocycles. The SMILES string of the molecule is CC(C)(O)CC[Si](C)(C)O. The van der Waals surface area contributed by atoms with Crippen molar-refractivity contribution >= 4 is 8.32 Å². The molecule has 0 aliphatic heterocycles. The molecular formula is C7H18O2Si. The van der Waals surface area contributed by atoms with Crippen LogP contribution in [-0.4, -0.2) is 23.8 Å². The zero-order valence-electron chi connectivity index (χ0n) is 7.31. The van der Waals surface area contributed by atoms with Gasteiger partial charge in [-0.25, -0.2) is 0 Å². The van der Waals surface area contributed by atoms with Gasteiger partial charge < -0.3 is 9.90 Å². The Morgan fingerprint density at radius 2 is 1.70 bits per heavy atom. The molecule has 3 heteroatoms. The molecule has 0 aliphatic rings. The number of hydrogen-bond acceptors (Lipinski definition) is 2. The van der Waals surface area contributed by atoms with Crippen molar-refractivity contribution < 1.29 is 9.90 Å². The number of rotatable bonds is 3. The first kappa shape index (κ1) is 10.1. The van der Waals surface area contributed by atoms with Crippen LogP contribution in [0, 0.1) is 0 Å². The van der Waals surface area contributed by atoms with Gasteiger partial charge in [-0.15, -0.1) is 0 Å². The van der Waals surface area contributed by atoms with Crippen LogP contribution in [0.3, 0.4) is 0 Å². The topological polar surface area (TPSA) is 40.5 Å². The monoisotopic (exact) mass is 162 g/mol. The van der Waals surface area contributed by atoms with E-state index in [0.717, 1.165) is 6.04 Å². The maximum absolute atomic E-state index is 9.41. The van der Waals surface area contributed by atoms with Gasteiger partial charge in [0.1, 0.15) is 0 Å². The number of aliphatic hydroxyl groups is 1. The Labute approximate surface area is 64.0 Å². The first-order chi connectivity index (χ1) is 4.21. The summed E-state index contributed by atoms with van der Waals surface area (Å²) in [4.78, 5) is 9.41. The normalized spacial score (nSPS) is 13.8. The lowest BCUT2D eigenvalue weighted by Crippen LogP contribution is -2.29. The lowest BCUT2D eigenvalue weighted by Gasteiger charge is -2.21. The lowest BCUT2D eigenvalue weighted by atomic mass is 10.1. The van der Waals surface area contributed by atoms with Crippen molar-refractivity contribution in [3.63, 3.8) is 0 Å². The van der Waals surface area contributed by atoms with Crippen molar-refractivity contribution in [3.05, 3.63) is 0 Å². The van der Waals surface area contributed by atoms with Crippen LogP contribution >= 0.6 is 0 Å². The molecule has 0 saturated carbocycles. The highest BCUT2D eigenvalue weighted by Gasteiger charge is 2.21. The summed E-state index contributed by atoms with van der Waals surface area (Å²) in [6, 6.07) is 0.774. The first-order valence-electron chi connectivity index (χ1n) is 3.65. The van der Waals surface area contributed by atoms with Crippen molar-refractivity contribution in [2.75, 3.05) is 0 Å². The predicted molar refractivity (Wildman–Crippen MR) is 45.4 cm³/mol. The average Bonchev–Trinajstić information content (AvgIpc) is 1.57. The van der Waals surface area contributed by atoms with Gasteiger partial charge in [-0.05, 0) is 39.4 Å². The van der Waals surface area contributed by atoms with E-state index in [1.54, 1.807) is 13.8 Å². The maximum atomic E-state index is 9.41. The maximum Gasteiger partial charge on any atom is 0.182 e. The van der Waals surface area contributed by atoms with Crippen molar-refractivity contribution in [2.24, 2.45) is 0 Å². The Morgan fingerprint density at radius 1 is 1.30 bits per heavy atom. The van der Waals surface area contributed by atoms with Gasteiger partial charge in [-0.3, -0.25) is 0 Å². The summed E-state index contributed by atoms with van der Waals surface area (Å²) in [6.07, 6.45) is 0.697. The Hall–Kier alpha value is 0.137. The highest BCUT2D eigenvalue weighted by atomic mass is 28.4. The minimum absolute atomic E-state index is 0.618. The first-order valence-corrected chi connectivity index (χ1v) is 6.81. The summed E-state index contributed by atoms with van der Waals surface area (Å²) in [7, 11) is -1.93. The van der Waals surface area contributed by atoms with Crippen LogP contribution in [0.15, 0.2) is 0 Å². The molecule has 2 nitrogen and oxygen atoms in total. The zero-order valence-corrected chi connectivity index (χ0v) is 8.31. The summed E-state index contributed by atoms with van der Waals surface area (Å²) in [5.74, 6) is 0. The number of hydrogen-bond donors (Lipinski definition) is 2. The average molecular weight is 162 g/mol. The molecule has 2 N–H and O–H groups in total. The largest absolute Gasteiger partial charge is 0.432 e. The van der Waals surface area contributed by atoms with Gasteiger partial charge in [0.15, 0.2) is 8.32 Å². The van der Waals surface area contributed by atoms with Gasteiger partial charge in [0.2, 0.25) is 0 Å². The van der Waals surface area contributed by atoms with Gasteiger partial charge in [-0.2, -0.15) is 0 Å². The van der Waals surface area contributed by atoms with E-state index in [4.69, 9.17) is 0 Å². The quantitative estimate of drug-likeness (QED) is 0.615. The van der Waals surface area contributed by atoms with Crippen LogP contribution in [-0.2, 0) is 0 Å². The fourth-order valence-corrected chi connectivity index (χ4v) is 1.84. The van der Waals surface area contributed by atoms with Gasteiger partial charge >= 0.3 is 0 Å². The van der Waals surface area contributed by atoms with Gasteiger partial charge in [0.25, 0.3) is 0 Å². The van der Waals surface area contributed by atoms with Crippen LogP contribution < -0.4 is 0 Å². The third-order valence-electron chi connectivity index (χ3n) is 1.35. The van der Waals surface area contributed by atoms with E-state index in [0.29, 0.717) is 6.42 Å². The summed E-state index contributed by atoms with van der Waals surface area (Å²) >= 11 is 0. The summed E-state index contributed by atoms with van der Waals surface area (Å²) < 4.78 is 0. The van der Waals surface area contributed by atoms with E-state index >= 15 is 0 Å². The molecule has 10 heavy (non-hydrogen) atoms. The van der Waals surface area contributed by atoms with Crippen LogP contribution in [0.2, 0.25) is 19.1 Å². The van der Waals surface area contributed by atoms with E-state index < -0.39 is 13.9 Å². The Kier molecular flexibility index (Phi) is 3.07. The molecule has 0 radical (unpaired) electrons. The fourth-order valence-electron chi connectivity index (χ4n) is 0.612.